The van der Waals surface area contributed by atoms with Gasteiger partial charge in [0, 0.05) is 54.9 Å². The van der Waals surface area contributed by atoms with Gasteiger partial charge < -0.3 is 20.5 Å². The van der Waals surface area contributed by atoms with Gasteiger partial charge in [-0.15, -0.1) is 0 Å². The molecule has 5 rings (SSSR count). The highest BCUT2D eigenvalue weighted by molar-refractivity contribution is 5.82. The van der Waals surface area contributed by atoms with Gasteiger partial charge in [0.2, 0.25) is 5.90 Å². The molecular formula is C31H48N6O2. The summed E-state index contributed by atoms with van der Waals surface area (Å²) in [6.45, 7) is 7.66. The molecule has 0 aromatic heterocycles. The second-order valence-electron chi connectivity index (χ2n) is 12.3. The van der Waals surface area contributed by atoms with E-state index in [1.165, 1.54) is 44.9 Å². The molecule has 8 heteroatoms. The quantitative estimate of drug-likeness (QED) is 0.503. The zero-order valence-electron chi connectivity index (χ0n) is 23.9. The Hall–Kier alpha value is -2.02. The van der Waals surface area contributed by atoms with Crippen LogP contribution in [-0.4, -0.2) is 83.2 Å². The molecule has 7 atom stereocenters. The minimum Gasteiger partial charge on any atom is -0.441 e. The van der Waals surface area contributed by atoms with Gasteiger partial charge >= 0.3 is 0 Å². The third-order valence-electron chi connectivity index (χ3n) is 9.40. The molecule has 7 unspecified atom stereocenters. The molecule has 4 aliphatic rings. The van der Waals surface area contributed by atoms with E-state index >= 15 is 0 Å². The van der Waals surface area contributed by atoms with E-state index in [9.17, 15) is 10.4 Å². The zero-order chi connectivity index (χ0) is 27.2. The van der Waals surface area contributed by atoms with Crippen LogP contribution in [0.1, 0.15) is 89.8 Å². The molecule has 214 valence electrons. The molecule has 1 aromatic rings. The standard InChI is InChI=1S/C31H48N6O2/c1-22-15-18-36(20-17-32)27-12-6-4-10-25(27)33-23(2)16-19-37(28-13-7-5-11-26(28)34-22)21-30-35-31(38)24-9-3-8-14-29(24)39-30/h3,8-9,14,22-23,25-28,31,33-34,38H,4-7,10-13,15-16,18-21H2,1-2H3. The van der Waals surface area contributed by atoms with Crippen LogP contribution in [0.3, 0.4) is 0 Å². The molecule has 1 aromatic carbocycles. The van der Waals surface area contributed by atoms with Crippen LogP contribution in [0.4, 0.5) is 0 Å². The fourth-order valence-electron chi connectivity index (χ4n) is 7.31. The topological polar surface area (TPSA) is 96.2 Å². The number of rotatable bonds is 3. The molecule has 39 heavy (non-hydrogen) atoms. The van der Waals surface area contributed by atoms with Gasteiger partial charge in [-0.2, -0.15) is 5.26 Å². The molecule has 3 N–H and O–H groups in total. The number of ether oxygens (including phenoxy) is 1. The van der Waals surface area contributed by atoms with Crippen LogP contribution in [0, 0.1) is 11.3 Å². The Labute approximate surface area is 234 Å². The van der Waals surface area contributed by atoms with Crippen LogP contribution in [0.5, 0.6) is 5.75 Å². The predicted molar refractivity (Wildman–Crippen MR) is 155 cm³/mol. The number of nitrogens with zero attached hydrogens (tertiary/aromatic N) is 4. The van der Waals surface area contributed by atoms with Gasteiger partial charge in [-0.1, -0.05) is 43.9 Å². The van der Waals surface area contributed by atoms with Crippen LogP contribution in [0.15, 0.2) is 29.3 Å². The van der Waals surface area contributed by atoms with E-state index in [1.807, 2.05) is 24.3 Å². The van der Waals surface area contributed by atoms with E-state index in [-0.39, 0.29) is 0 Å². The average Bonchev–Trinajstić information content (AvgIpc) is 2.94. The maximum atomic E-state index is 10.7. The summed E-state index contributed by atoms with van der Waals surface area (Å²) >= 11 is 0. The van der Waals surface area contributed by atoms with Gasteiger partial charge in [0.05, 0.1) is 19.2 Å². The molecule has 2 saturated carbocycles. The molecule has 1 saturated heterocycles. The molecule has 8 nitrogen and oxygen atoms in total. The summed E-state index contributed by atoms with van der Waals surface area (Å²) < 4.78 is 6.23. The highest BCUT2D eigenvalue weighted by Gasteiger charge is 2.35. The second-order valence-corrected chi connectivity index (χ2v) is 12.3. The Bertz CT molecular complexity index is 1010. The van der Waals surface area contributed by atoms with Gasteiger partial charge in [-0.05, 0) is 58.4 Å². The summed E-state index contributed by atoms with van der Waals surface area (Å²) in [5.74, 6) is 1.32. The minimum absolute atomic E-state index is 0.374. The van der Waals surface area contributed by atoms with Crippen molar-refractivity contribution >= 4 is 5.90 Å². The van der Waals surface area contributed by atoms with Crippen molar-refractivity contribution in [3.05, 3.63) is 29.8 Å². The van der Waals surface area contributed by atoms with Crippen molar-refractivity contribution in [1.82, 2.24) is 20.4 Å². The van der Waals surface area contributed by atoms with Crippen LogP contribution in [0.2, 0.25) is 0 Å². The largest absolute Gasteiger partial charge is 0.441 e. The summed E-state index contributed by atoms with van der Waals surface area (Å²) in [4.78, 5) is 9.60. The van der Waals surface area contributed by atoms with Crippen molar-refractivity contribution in [1.29, 1.82) is 5.26 Å². The number of hydrogen-bond donors (Lipinski definition) is 3. The molecule has 0 spiro atoms. The van der Waals surface area contributed by atoms with Crippen molar-refractivity contribution in [3.63, 3.8) is 0 Å². The van der Waals surface area contributed by atoms with Crippen molar-refractivity contribution in [3.8, 4) is 11.8 Å². The monoisotopic (exact) mass is 536 g/mol. The fraction of sp³-hybridized carbons (Fsp3) is 0.742. The molecular weight excluding hydrogens is 488 g/mol. The average molecular weight is 537 g/mol. The summed E-state index contributed by atoms with van der Waals surface area (Å²) in [6.07, 6.45) is 10.9. The van der Waals surface area contributed by atoms with Crippen molar-refractivity contribution in [2.45, 2.75) is 121 Å². The SMILES string of the molecule is CC1CCN(CC2=NC(O)c3ccccc3O2)C2CCCCC2NC(C)CCN(CC#N)C2CCCCC2N1. The van der Waals surface area contributed by atoms with Gasteiger partial charge in [0.25, 0.3) is 0 Å². The van der Waals surface area contributed by atoms with Crippen molar-refractivity contribution in [2.24, 2.45) is 4.99 Å². The Morgan fingerprint density at radius 1 is 0.897 bits per heavy atom. The van der Waals surface area contributed by atoms with E-state index in [4.69, 9.17) is 4.74 Å². The summed E-state index contributed by atoms with van der Waals surface area (Å²) in [7, 11) is 0. The first-order valence-electron chi connectivity index (χ1n) is 15.4. The number of benzene rings is 1. The Kier molecular flexibility index (Phi) is 9.91. The third-order valence-corrected chi connectivity index (χ3v) is 9.40. The van der Waals surface area contributed by atoms with Crippen LogP contribution >= 0.6 is 0 Å². The van der Waals surface area contributed by atoms with Gasteiger partial charge in [0.15, 0.2) is 6.23 Å². The van der Waals surface area contributed by atoms with E-state index in [0.29, 0.717) is 61.0 Å². The number of fused-ring (bicyclic) bond motifs is 3. The number of aliphatic imine (C=N–C) groups is 1. The smallest absolute Gasteiger partial charge is 0.207 e. The number of nitrogens with one attached hydrogen (secondary N) is 2. The summed E-state index contributed by atoms with van der Waals surface area (Å²) in [5.41, 5.74) is 0.735. The number of aliphatic hydroxyl groups excluding tert-OH is 1. The lowest BCUT2D eigenvalue weighted by Gasteiger charge is -2.44. The zero-order valence-corrected chi connectivity index (χ0v) is 23.9. The molecule has 3 fully saturated rings. The molecule has 0 radical (unpaired) electrons. The van der Waals surface area contributed by atoms with Gasteiger partial charge in [-0.25, -0.2) is 4.99 Å². The number of nitriles is 1. The van der Waals surface area contributed by atoms with Gasteiger partial charge in [-0.3, -0.25) is 9.80 Å². The molecule has 2 heterocycles. The lowest BCUT2D eigenvalue weighted by atomic mass is 9.87. The van der Waals surface area contributed by atoms with E-state index < -0.39 is 6.23 Å². The minimum atomic E-state index is -0.870. The second kappa shape index (κ2) is 13.6. The highest BCUT2D eigenvalue weighted by atomic mass is 16.5. The third kappa shape index (κ3) is 7.20. The summed E-state index contributed by atoms with van der Waals surface area (Å²) in [6, 6.07) is 12.6. The number of aliphatic hydroxyl groups is 1. The Balaban J connectivity index is 1.36. The van der Waals surface area contributed by atoms with Crippen LogP contribution in [0.25, 0.3) is 0 Å². The maximum absolute atomic E-state index is 10.7. The first kappa shape index (κ1) is 28.5. The van der Waals surface area contributed by atoms with Crippen LogP contribution in [-0.2, 0) is 0 Å². The predicted octanol–water partition coefficient (Wildman–Crippen LogP) is 3.97. The highest BCUT2D eigenvalue weighted by Crippen LogP contribution is 2.31. The van der Waals surface area contributed by atoms with Crippen molar-refractivity contribution in [2.75, 3.05) is 26.2 Å². The Morgan fingerprint density at radius 3 is 2.15 bits per heavy atom. The first-order valence-corrected chi connectivity index (χ1v) is 15.4. The van der Waals surface area contributed by atoms with E-state index in [0.717, 1.165) is 37.9 Å². The normalized spacial score (nSPS) is 35.2. The molecule has 2 aliphatic carbocycles. The van der Waals surface area contributed by atoms with Gasteiger partial charge in [0.1, 0.15) is 5.75 Å². The molecule has 0 amide bonds. The maximum Gasteiger partial charge on any atom is 0.207 e. The fourth-order valence-corrected chi connectivity index (χ4v) is 7.31. The Morgan fingerprint density at radius 2 is 1.49 bits per heavy atom. The molecule has 0 bridgehead atoms. The lowest BCUT2D eigenvalue weighted by molar-refractivity contribution is 0.0980. The first-order chi connectivity index (χ1) is 19.0. The van der Waals surface area contributed by atoms with E-state index in [2.05, 4.69) is 45.3 Å². The van der Waals surface area contributed by atoms with Crippen LogP contribution < -0.4 is 15.4 Å². The molecule has 2 aliphatic heterocycles. The number of para-hydroxylation sites is 1. The summed E-state index contributed by atoms with van der Waals surface area (Å²) in [5, 5.41) is 28.3. The lowest BCUT2D eigenvalue weighted by Crippen LogP contribution is -2.58. The van der Waals surface area contributed by atoms with Crippen molar-refractivity contribution < 1.29 is 9.84 Å². The number of hydrogen-bond acceptors (Lipinski definition) is 8. The van der Waals surface area contributed by atoms with E-state index in [1.54, 1.807) is 0 Å².